The van der Waals surface area contributed by atoms with Crippen LogP contribution in [0.2, 0.25) is 0 Å². The van der Waals surface area contributed by atoms with E-state index in [0.29, 0.717) is 27.8 Å². The van der Waals surface area contributed by atoms with Crippen LogP contribution in [0.15, 0.2) is 59.1 Å². The van der Waals surface area contributed by atoms with Crippen molar-refractivity contribution in [3.63, 3.8) is 0 Å². The number of carbonyl (C=O) groups excluding carboxylic acids is 1. The molecule has 2 aromatic heterocycles. The lowest BCUT2D eigenvalue weighted by Crippen LogP contribution is -2.14. The zero-order chi connectivity index (χ0) is 21.5. The third-order valence-corrected chi connectivity index (χ3v) is 6.66. The smallest absolute Gasteiger partial charge is 0.259 e. The van der Waals surface area contributed by atoms with E-state index in [1.54, 1.807) is 11.6 Å². The minimum atomic E-state index is -0.269. The maximum absolute atomic E-state index is 13.3. The first-order chi connectivity index (χ1) is 15.1. The Balaban J connectivity index is 1.56. The molecule has 0 aliphatic heterocycles. The maximum Gasteiger partial charge on any atom is 0.259 e. The number of ether oxygens (including phenoxy) is 1. The summed E-state index contributed by atoms with van der Waals surface area (Å²) in [6, 6.07) is 17.2. The van der Waals surface area contributed by atoms with E-state index >= 15 is 0 Å². The van der Waals surface area contributed by atoms with Crippen molar-refractivity contribution < 1.29 is 9.53 Å². The minimum Gasteiger partial charge on any atom is -0.495 e. The number of fused-ring (bicyclic) bond motifs is 2. The molecule has 0 radical (unpaired) electrons. The minimum absolute atomic E-state index is 0.269. The summed E-state index contributed by atoms with van der Waals surface area (Å²) in [5.74, 6) is 0.933. The number of hydrogen-bond acceptors (Lipinski definition) is 6. The fourth-order valence-corrected chi connectivity index (χ4v) is 5.11. The second kappa shape index (κ2) is 7.75. The average Bonchev–Trinajstić information content (AvgIpc) is 3.36. The van der Waals surface area contributed by atoms with Gasteiger partial charge in [0.2, 0.25) is 4.96 Å². The maximum atomic E-state index is 13.3. The molecule has 0 fully saturated rings. The number of benzene rings is 3. The topological polar surface area (TPSA) is 81.4 Å². The summed E-state index contributed by atoms with van der Waals surface area (Å²) in [7, 11) is 1.56. The molecule has 0 atom stereocenters. The first kappa shape index (κ1) is 19.7. The second-order valence-corrected chi connectivity index (χ2v) is 8.59. The highest BCUT2D eigenvalue weighted by atomic mass is 79.9. The van der Waals surface area contributed by atoms with Gasteiger partial charge in [-0.3, -0.25) is 4.79 Å². The van der Waals surface area contributed by atoms with E-state index < -0.39 is 0 Å². The fraction of sp³-hybridized carbons (Fsp3) is 0.0909. The molecule has 0 saturated heterocycles. The van der Waals surface area contributed by atoms with E-state index in [2.05, 4.69) is 36.5 Å². The molecule has 7 nitrogen and oxygen atoms in total. The molecule has 154 valence electrons. The van der Waals surface area contributed by atoms with Gasteiger partial charge in [0.15, 0.2) is 5.82 Å². The Bertz CT molecular complexity index is 1460. The standard InChI is InChI=1S/C22H16BrN5O2S/c1-12-25-26-22-28(12)27-21(31-22)15-9-5-6-10-17(15)24-20(29)16-11-13-7-3-4-8-14(13)18(23)19(16)30-2/h3-11H,1-2H3,(H,24,29). The molecule has 0 unspecified atom stereocenters. The van der Waals surface area contributed by atoms with E-state index in [9.17, 15) is 4.79 Å². The molecule has 5 aromatic rings. The van der Waals surface area contributed by atoms with Crippen molar-refractivity contribution in [3.05, 3.63) is 70.5 Å². The summed E-state index contributed by atoms with van der Waals surface area (Å²) in [6.45, 7) is 1.85. The van der Waals surface area contributed by atoms with Gasteiger partial charge in [0.25, 0.3) is 5.91 Å². The van der Waals surface area contributed by atoms with Crippen LogP contribution in [-0.4, -0.2) is 32.8 Å². The third kappa shape index (κ3) is 3.35. The van der Waals surface area contributed by atoms with Crippen LogP contribution in [0.3, 0.4) is 0 Å². The van der Waals surface area contributed by atoms with Crippen molar-refractivity contribution in [2.24, 2.45) is 0 Å². The Morgan fingerprint density at radius 2 is 1.90 bits per heavy atom. The van der Waals surface area contributed by atoms with Gasteiger partial charge in [-0.15, -0.1) is 10.2 Å². The molecule has 31 heavy (non-hydrogen) atoms. The predicted molar refractivity (Wildman–Crippen MR) is 125 cm³/mol. The molecular formula is C22H16BrN5O2S. The highest BCUT2D eigenvalue weighted by Crippen LogP contribution is 2.38. The summed E-state index contributed by atoms with van der Waals surface area (Å²) in [6.07, 6.45) is 0. The summed E-state index contributed by atoms with van der Waals surface area (Å²) < 4.78 is 8.01. The Morgan fingerprint density at radius 1 is 1.13 bits per heavy atom. The van der Waals surface area contributed by atoms with Crippen LogP contribution < -0.4 is 10.1 Å². The zero-order valence-corrected chi connectivity index (χ0v) is 19.0. The molecule has 1 amide bonds. The van der Waals surface area contributed by atoms with Crippen LogP contribution in [-0.2, 0) is 0 Å². The lowest BCUT2D eigenvalue weighted by Gasteiger charge is -2.14. The quantitative estimate of drug-likeness (QED) is 0.365. The van der Waals surface area contributed by atoms with Crippen molar-refractivity contribution in [2.75, 3.05) is 12.4 Å². The largest absolute Gasteiger partial charge is 0.495 e. The van der Waals surface area contributed by atoms with Crippen LogP contribution in [0.1, 0.15) is 16.2 Å². The summed E-state index contributed by atoms with van der Waals surface area (Å²) >= 11 is 5.01. The second-order valence-electron chi connectivity index (χ2n) is 6.84. The number of aromatic nitrogens is 4. The Hall–Kier alpha value is -3.30. The molecule has 9 heteroatoms. The van der Waals surface area contributed by atoms with E-state index in [0.717, 1.165) is 25.8 Å². The van der Waals surface area contributed by atoms with Gasteiger partial charge < -0.3 is 10.1 Å². The van der Waals surface area contributed by atoms with Crippen LogP contribution in [0.25, 0.3) is 26.3 Å². The van der Waals surface area contributed by atoms with E-state index in [4.69, 9.17) is 4.74 Å². The first-order valence-corrected chi connectivity index (χ1v) is 11.0. The SMILES string of the molecule is COc1c(C(=O)Nc2ccccc2-c2nn3c(C)nnc3s2)cc2ccccc2c1Br. The van der Waals surface area contributed by atoms with Gasteiger partial charge >= 0.3 is 0 Å². The van der Waals surface area contributed by atoms with Crippen molar-refractivity contribution in [1.82, 2.24) is 19.8 Å². The molecule has 3 aromatic carbocycles. The van der Waals surface area contributed by atoms with Crippen molar-refractivity contribution in [2.45, 2.75) is 6.92 Å². The van der Waals surface area contributed by atoms with Crippen LogP contribution in [0.4, 0.5) is 5.69 Å². The monoisotopic (exact) mass is 493 g/mol. The number of methoxy groups -OCH3 is 1. The van der Waals surface area contributed by atoms with E-state index in [1.807, 2.05) is 61.5 Å². The molecule has 0 aliphatic carbocycles. The lowest BCUT2D eigenvalue weighted by atomic mass is 10.0. The van der Waals surface area contributed by atoms with Crippen LogP contribution >= 0.6 is 27.3 Å². The Kier molecular flexibility index (Phi) is 4.91. The van der Waals surface area contributed by atoms with Crippen LogP contribution in [0, 0.1) is 6.92 Å². The molecule has 2 heterocycles. The van der Waals surface area contributed by atoms with Crippen LogP contribution in [0.5, 0.6) is 5.75 Å². The van der Waals surface area contributed by atoms with Gasteiger partial charge in [-0.2, -0.15) is 9.61 Å². The van der Waals surface area contributed by atoms with Gasteiger partial charge in [0.1, 0.15) is 10.8 Å². The number of amides is 1. The summed E-state index contributed by atoms with van der Waals surface area (Å²) in [4.78, 5) is 14.0. The lowest BCUT2D eigenvalue weighted by molar-refractivity contribution is 0.102. The predicted octanol–water partition coefficient (Wildman–Crippen LogP) is 5.34. The molecule has 1 N–H and O–H groups in total. The van der Waals surface area contributed by atoms with E-state index in [-0.39, 0.29) is 5.91 Å². The van der Waals surface area contributed by atoms with Gasteiger partial charge in [-0.1, -0.05) is 47.7 Å². The number of carbonyl (C=O) groups is 1. The Morgan fingerprint density at radius 3 is 2.71 bits per heavy atom. The zero-order valence-electron chi connectivity index (χ0n) is 16.6. The molecule has 0 saturated carbocycles. The number of hydrogen-bond donors (Lipinski definition) is 1. The molecule has 0 bridgehead atoms. The highest BCUT2D eigenvalue weighted by molar-refractivity contribution is 9.10. The molecule has 0 spiro atoms. The number of nitrogens with one attached hydrogen (secondary N) is 1. The third-order valence-electron chi connectivity index (χ3n) is 4.94. The van der Waals surface area contributed by atoms with Gasteiger partial charge in [0.05, 0.1) is 22.8 Å². The number of para-hydroxylation sites is 1. The van der Waals surface area contributed by atoms with Crippen molar-refractivity contribution >= 4 is 54.6 Å². The molecular weight excluding hydrogens is 478 g/mol. The van der Waals surface area contributed by atoms with Gasteiger partial charge in [-0.05, 0) is 51.8 Å². The number of nitrogens with zero attached hydrogens (tertiary/aromatic N) is 4. The number of halogens is 1. The van der Waals surface area contributed by atoms with Crippen molar-refractivity contribution in [1.29, 1.82) is 0 Å². The molecule has 0 aliphatic rings. The van der Waals surface area contributed by atoms with E-state index in [1.165, 1.54) is 11.3 Å². The normalized spacial score (nSPS) is 11.2. The molecule has 5 rings (SSSR count). The van der Waals surface area contributed by atoms with Gasteiger partial charge in [0, 0.05) is 5.56 Å². The summed E-state index contributed by atoms with van der Waals surface area (Å²) in [5, 5.41) is 18.4. The number of anilines is 1. The number of rotatable bonds is 4. The highest BCUT2D eigenvalue weighted by Gasteiger charge is 2.20. The first-order valence-electron chi connectivity index (χ1n) is 9.41. The average molecular weight is 494 g/mol. The Labute approximate surface area is 189 Å². The summed E-state index contributed by atoms with van der Waals surface area (Å²) in [5.41, 5.74) is 1.91. The van der Waals surface area contributed by atoms with Gasteiger partial charge in [-0.25, -0.2) is 0 Å². The number of aryl methyl sites for hydroxylation is 1. The fourth-order valence-electron chi connectivity index (χ4n) is 3.44. The van der Waals surface area contributed by atoms with Crippen molar-refractivity contribution in [3.8, 4) is 16.3 Å².